The third kappa shape index (κ3) is 8.51. The van der Waals surface area contributed by atoms with Crippen molar-refractivity contribution >= 4 is 25.7 Å². The van der Waals surface area contributed by atoms with Crippen LogP contribution in [0.2, 0.25) is 0 Å². The molecule has 0 aliphatic carbocycles. The number of rotatable bonds is 11. The Morgan fingerprint density at radius 3 is 2.07 bits per heavy atom. The lowest BCUT2D eigenvalue weighted by atomic mass is 9.78. The molecule has 1 atom stereocenters. The number of nitrogens with one attached hydrogen (secondary N) is 1. The Morgan fingerprint density at radius 2 is 1.54 bits per heavy atom. The summed E-state index contributed by atoms with van der Waals surface area (Å²) in [6.07, 6.45) is 4.64. The highest BCUT2D eigenvalue weighted by Crippen LogP contribution is 2.37. The summed E-state index contributed by atoms with van der Waals surface area (Å²) >= 11 is 0. The van der Waals surface area contributed by atoms with Crippen LogP contribution in [0.3, 0.4) is 0 Å². The molecular weight excluding hydrogens is 578 g/mol. The lowest BCUT2D eigenvalue weighted by Gasteiger charge is -2.37. The molecule has 0 amide bonds. The summed E-state index contributed by atoms with van der Waals surface area (Å²) in [4.78, 5) is 12.5. The maximum absolute atomic E-state index is 14.1. The van der Waals surface area contributed by atoms with Gasteiger partial charge in [0.1, 0.15) is 11.6 Å². The number of benzene rings is 2. The molecule has 226 valence electrons. The van der Waals surface area contributed by atoms with E-state index in [1.165, 1.54) is 34.8 Å². The van der Waals surface area contributed by atoms with Gasteiger partial charge in [-0.15, -0.1) is 0 Å². The summed E-state index contributed by atoms with van der Waals surface area (Å²) in [5.74, 6) is -1.15. The first-order chi connectivity index (χ1) is 19.3. The second kappa shape index (κ2) is 13.2. The number of nitro groups is 1. The number of sulfonamides is 2. The summed E-state index contributed by atoms with van der Waals surface area (Å²) in [5, 5.41) is 10.8. The summed E-state index contributed by atoms with van der Waals surface area (Å²) in [5.41, 5.74) is 0.413. The van der Waals surface area contributed by atoms with Gasteiger partial charge in [-0.05, 0) is 99.3 Å². The fourth-order valence-corrected chi connectivity index (χ4v) is 7.86. The maximum Gasteiger partial charge on any atom is 0.269 e. The molecule has 0 aromatic heterocycles. The van der Waals surface area contributed by atoms with E-state index in [0.29, 0.717) is 44.5 Å². The van der Waals surface area contributed by atoms with E-state index in [0.717, 1.165) is 44.1 Å². The lowest BCUT2D eigenvalue weighted by molar-refractivity contribution is -0.384. The number of halogens is 2. The van der Waals surface area contributed by atoms with Gasteiger partial charge in [0.15, 0.2) is 0 Å². The molecule has 0 bridgehead atoms. The van der Waals surface area contributed by atoms with Gasteiger partial charge in [0.05, 0.1) is 16.1 Å². The van der Waals surface area contributed by atoms with Crippen molar-refractivity contribution in [1.82, 2.24) is 13.9 Å². The SMILES string of the molecule is CS(=O)(=O)N1CCC(C(CCN2CCC(CNS(=O)(=O)c3ccc([N+](=O)[O-])cc3)CC2)c2cc(F)cc(F)c2)CC1. The molecule has 0 radical (unpaired) electrons. The van der Waals surface area contributed by atoms with Crippen LogP contribution in [0, 0.1) is 33.6 Å². The molecule has 2 aliphatic rings. The van der Waals surface area contributed by atoms with Gasteiger partial charge < -0.3 is 4.90 Å². The van der Waals surface area contributed by atoms with Crippen molar-refractivity contribution in [3.05, 3.63) is 69.8 Å². The maximum atomic E-state index is 14.1. The van der Waals surface area contributed by atoms with Gasteiger partial charge in [0, 0.05) is 37.8 Å². The third-order valence-corrected chi connectivity index (χ3v) is 11.0. The Hall–Kier alpha value is -2.52. The summed E-state index contributed by atoms with van der Waals surface area (Å²) in [6, 6.07) is 8.36. The number of piperidine rings is 2. The number of hydrogen-bond donors (Lipinski definition) is 1. The predicted octanol–water partition coefficient (Wildman–Crippen LogP) is 3.71. The van der Waals surface area contributed by atoms with E-state index in [-0.39, 0.29) is 34.9 Å². The molecule has 2 aromatic rings. The Kier molecular flexibility index (Phi) is 10.1. The zero-order valence-electron chi connectivity index (χ0n) is 22.9. The topological polar surface area (TPSA) is 130 Å². The molecule has 1 N–H and O–H groups in total. The van der Waals surface area contributed by atoms with Crippen molar-refractivity contribution in [2.24, 2.45) is 11.8 Å². The van der Waals surface area contributed by atoms with E-state index in [1.807, 2.05) is 0 Å². The van der Waals surface area contributed by atoms with Gasteiger partial charge in [0.25, 0.3) is 5.69 Å². The van der Waals surface area contributed by atoms with Gasteiger partial charge in [-0.2, -0.15) is 0 Å². The first-order valence-corrected chi connectivity index (χ1v) is 17.0. The summed E-state index contributed by atoms with van der Waals surface area (Å²) < 4.78 is 81.4. The zero-order chi connectivity index (χ0) is 29.8. The normalized spacial score (nSPS) is 19.3. The average Bonchev–Trinajstić information content (AvgIpc) is 2.92. The van der Waals surface area contributed by atoms with Crippen LogP contribution in [-0.4, -0.2) is 76.5 Å². The van der Waals surface area contributed by atoms with Crippen molar-refractivity contribution in [2.75, 3.05) is 45.5 Å². The Bertz CT molecular complexity index is 1400. The van der Waals surface area contributed by atoms with Crippen molar-refractivity contribution in [2.45, 2.75) is 42.9 Å². The van der Waals surface area contributed by atoms with Crippen LogP contribution in [0.4, 0.5) is 14.5 Å². The number of hydrogen-bond acceptors (Lipinski definition) is 7. The zero-order valence-corrected chi connectivity index (χ0v) is 24.5. The highest BCUT2D eigenvalue weighted by Gasteiger charge is 2.32. The molecule has 2 fully saturated rings. The highest BCUT2D eigenvalue weighted by atomic mass is 32.2. The standard InChI is InChI=1S/C27H36F2N4O6S2/c1-40(36,37)32-14-8-21(9-15-32)27(22-16-23(28)18-24(29)17-22)10-13-31-11-6-20(7-12-31)19-30-41(38,39)26-4-2-25(3-5-26)33(34)35/h2-5,16-18,20-21,27,30H,6-15,19H2,1H3. The molecule has 1 unspecified atom stereocenters. The largest absolute Gasteiger partial charge is 0.303 e. The van der Waals surface area contributed by atoms with Crippen molar-refractivity contribution < 1.29 is 30.5 Å². The second-order valence-electron chi connectivity index (χ2n) is 11.0. The molecule has 41 heavy (non-hydrogen) atoms. The minimum absolute atomic E-state index is 0.0252. The third-order valence-electron chi connectivity index (χ3n) is 8.23. The summed E-state index contributed by atoms with van der Waals surface area (Å²) in [6.45, 7) is 3.24. The molecule has 0 spiro atoms. The number of nitro benzene ring substituents is 1. The van der Waals surface area contributed by atoms with E-state index >= 15 is 0 Å². The number of likely N-dealkylation sites (tertiary alicyclic amines) is 1. The van der Waals surface area contributed by atoms with E-state index in [1.54, 1.807) is 0 Å². The molecule has 2 aliphatic heterocycles. The smallest absolute Gasteiger partial charge is 0.269 e. The molecule has 4 rings (SSSR count). The number of nitrogens with zero attached hydrogens (tertiary/aromatic N) is 3. The highest BCUT2D eigenvalue weighted by molar-refractivity contribution is 7.89. The fourth-order valence-electron chi connectivity index (χ4n) is 5.87. The van der Waals surface area contributed by atoms with E-state index in [4.69, 9.17) is 0 Å². The number of non-ortho nitro benzene ring substituents is 1. The Balaban J connectivity index is 1.31. The first kappa shape index (κ1) is 31.4. The Labute approximate surface area is 240 Å². The predicted molar refractivity (Wildman–Crippen MR) is 150 cm³/mol. The van der Waals surface area contributed by atoms with Crippen LogP contribution >= 0.6 is 0 Å². The van der Waals surface area contributed by atoms with E-state index in [9.17, 15) is 35.7 Å². The first-order valence-electron chi connectivity index (χ1n) is 13.7. The second-order valence-corrected chi connectivity index (χ2v) is 14.7. The van der Waals surface area contributed by atoms with E-state index < -0.39 is 36.6 Å². The molecule has 10 nitrogen and oxygen atoms in total. The molecule has 0 saturated carbocycles. The minimum Gasteiger partial charge on any atom is -0.303 e. The van der Waals surface area contributed by atoms with Gasteiger partial charge in [-0.3, -0.25) is 10.1 Å². The quantitative estimate of drug-likeness (QED) is 0.302. The Morgan fingerprint density at radius 1 is 0.951 bits per heavy atom. The minimum atomic E-state index is -3.79. The van der Waals surface area contributed by atoms with Gasteiger partial charge in [-0.1, -0.05) is 0 Å². The lowest BCUT2D eigenvalue weighted by Crippen LogP contribution is -2.41. The van der Waals surface area contributed by atoms with Crippen LogP contribution in [0.15, 0.2) is 47.4 Å². The van der Waals surface area contributed by atoms with Gasteiger partial charge in [0.2, 0.25) is 20.0 Å². The van der Waals surface area contributed by atoms with Gasteiger partial charge >= 0.3 is 0 Å². The molecule has 14 heteroatoms. The summed E-state index contributed by atoms with van der Waals surface area (Å²) in [7, 11) is -7.07. The molecule has 2 saturated heterocycles. The molecule has 2 heterocycles. The van der Waals surface area contributed by atoms with Crippen molar-refractivity contribution in [3.63, 3.8) is 0 Å². The molecule has 2 aromatic carbocycles. The van der Waals surface area contributed by atoms with Crippen molar-refractivity contribution in [3.8, 4) is 0 Å². The van der Waals surface area contributed by atoms with Crippen LogP contribution < -0.4 is 4.72 Å². The van der Waals surface area contributed by atoms with Crippen LogP contribution in [0.25, 0.3) is 0 Å². The van der Waals surface area contributed by atoms with Crippen LogP contribution in [-0.2, 0) is 20.0 Å². The van der Waals surface area contributed by atoms with Crippen LogP contribution in [0.5, 0.6) is 0 Å². The van der Waals surface area contributed by atoms with Crippen LogP contribution in [0.1, 0.15) is 43.6 Å². The molecular formula is C27H36F2N4O6S2. The van der Waals surface area contributed by atoms with E-state index in [2.05, 4.69) is 9.62 Å². The monoisotopic (exact) mass is 614 g/mol. The average molecular weight is 615 g/mol. The van der Waals surface area contributed by atoms with Crippen molar-refractivity contribution in [1.29, 1.82) is 0 Å². The fraction of sp³-hybridized carbons (Fsp3) is 0.556. The van der Waals surface area contributed by atoms with Gasteiger partial charge in [-0.25, -0.2) is 34.6 Å².